The number of carbonyl (C=O) groups excluding carboxylic acids is 1. The molecule has 0 bridgehead atoms. The number of pyridine rings is 1. The number of imidazole rings is 1. The maximum Gasteiger partial charge on any atom is 0.151 e. The highest BCUT2D eigenvalue weighted by Crippen LogP contribution is 2.26. The molecular formula is C13H14N2OS. The monoisotopic (exact) mass is 246 g/mol. The molecule has 17 heavy (non-hydrogen) atoms. The van der Waals surface area contributed by atoms with Gasteiger partial charge in [-0.2, -0.15) is 11.8 Å². The predicted octanol–water partition coefficient (Wildman–Crippen LogP) is 2.44. The molecule has 0 amide bonds. The molecule has 2 aromatic rings. The van der Waals surface area contributed by atoms with Crippen molar-refractivity contribution in [2.45, 2.75) is 12.8 Å². The molecule has 2 aromatic heterocycles. The van der Waals surface area contributed by atoms with Gasteiger partial charge in [0.25, 0.3) is 0 Å². The zero-order chi connectivity index (χ0) is 11.7. The molecular weight excluding hydrogens is 232 g/mol. The summed E-state index contributed by atoms with van der Waals surface area (Å²) in [7, 11) is 0. The molecule has 0 aliphatic carbocycles. The third-order valence-corrected chi connectivity index (χ3v) is 4.41. The molecule has 1 saturated heterocycles. The average Bonchev–Trinajstić information content (AvgIpc) is 2.96. The zero-order valence-electron chi connectivity index (χ0n) is 9.50. The van der Waals surface area contributed by atoms with Crippen LogP contribution in [0.4, 0.5) is 0 Å². The number of hydrogen-bond acceptors (Lipinski definition) is 3. The van der Waals surface area contributed by atoms with E-state index in [0.29, 0.717) is 5.56 Å². The van der Waals surface area contributed by atoms with E-state index in [0.717, 1.165) is 30.0 Å². The van der Waals surface area contributed by atoms with Gasteiger partial charge in [-0.1, -0.05) is 0 Å². The number of aromatic nitrogens is 2. The van der Waals surface area contributed by atoms with Crippen LogP contribution in [-0.4, -0.2) is 27.2 Å². The standard InChI is InChI=1S/C13H14N2OS/c16-8-11-1-2-13-14-12(7-15(13)6-11)5-10-3-4-17-9-10/h1-2,6-8,10H,3-5,9H2. The van der Waals surface area contributed by atoms with Gasteiger partial charge >= 0.3 is 0 Å². The third kappa shape index (κ3) is 2.22. The molecule has 0 spiro atoms. The molecule has 0 N–H and O–H groups in total. The number of carbonyl (C=O) groups is 1. The quantitative estimate of drug-likeness (QED) is 0.780. The summed E-state index contributed by atoms with van der Waals surface area (Å²) in [4.78, 5) is 15.3. The first-order valence-corrected chi connectivity index (χ1v) is 7.01. The van der Waals surface area contributed by atoms with Crippen LogP contribution in [-0.2, 0) is 6.42 Å². The summed E-state index contributed by atoms with van der Waals surface area (Å²) in [5.74, 6) is 3.32. The van der Waals surface area contributed by atoms with E-state index in [1.54, 1.807) is 0 Å². The van der Waals surface area contributed by atoms with Gasteiger partial charge in [0.05, 0.1) is 5.69 Å². The van der Waals surface area contributed by atoms with Crippen molar-refractivity contribution in [3.8, 4) is 0 Å². The Kier molecular flexibility index (Phi) is 2.89. The van der Waals surface area contributed by atoms with Crippen molar-refractivity contribution < 1.29 is 4.79 Å². The van der Waals surface area contributed by atoms with Crippen LogP contribution in [0.2, 0.25) is 0 Å². The molecule has 0 saturated carbocycles. The lowest BCUT2D eigenvalue weighted by Crippen LogP contribution is -2.02. The van der Waals surface area contributed by atoms with E-state index < -0.39 is 0 Å². The van der Waals surface area contributed by atoms with Crippen LogP contribution in [0.5, 0.6) is 0 Å². The first kappa shape index (κ1) is 10.8. The fourth-order valence-corrected chi connectivity index (χ4v) is 3.55. The fourth-order valence-electron chi connectivity index (χ4n) is 2.27. The second-order valence-electron chi connectivity index (χ2n) is 4.51. The zero-order valence-corrected chi connectivity index (χ0v) is 10.3. The van der Waals surface area contributed by atoms with E-state index in [1.807, 2.05) is 40.7 Å². The molecule has 3 rings (SSSR count). The number of hydrogen-bond donors (Lipinski definition) is 0. The Hall–Kier alpha value is -1.29. The van der Waals surface area contributed by atoms with Crippen molar-refractivity contribution in [2.24, 2.45) is 5.92 Å². The van der Waals surface area contributed by atoms with Crippen molar-refractivity contribution in [3.63, 3.8) is 0 Å². The first-order chi connectivity index (χ1) is 8.35. The average molecular weight is 246 g/mol. The molecule has 1 aliphatic heterocycles. The van der Waals surface area contributed by atoms with Crippen molar-refractivity contribution in [2.75, 3.05) is 11.5 Å². The summed E-state index contributed by atoms with van der Waals surface area (Å²) < 4.78 is 1.95. The van der Waals surface area contributed by atoms with Crippen LogP contribution in [0.15, 0.2) is 24.5 Å². The number of thioether (sulfide) groups is 1. The first-order valence-electron chi connectivity index (χ1n) is 5.86. The van der Waals surface area contributed by atoms with Gasteiger partial charge < -0.3 is 4.40 Å². The van der Waals surface area contributed by atoms with Crippen molar-refractivity contribution >= 4 is 23.7 Å². The Labute approximate surface area is 104 Å². The van der Waals surface area contributed by atoms with Crippen molar-refractivity contribution in [3.05, 3.63) is 35.8 Å². The summed E-state index contributed by atoms with van der Waals surface area (Å²) in [6.07, 6.45) is 7.11. The SMILES string of the molecule is O=Cc1ccc2nc(CC3CCSC3)cn2c1. The van der Waals surface area contributed by atoms with Gasteiger partial charge in [-0.15, -0.1) is 0 Å². The van der Waals surface area contributed by atoms with E-state index in [-0.39, 0.29) is 0 Å². The normalized spacial score (nSPS) is 19.9. The molecule has 88 valence electrons. The number of rotatable bonds is 3. The maximum atomic E-state index is 10.7. The van der Waals surface area contributed by atoms with Gasteiger partial charge in [0.2, 0.25) is 0 Å². The number of nitrogens with zero attached hydrogens (tertiary/aromatic N) is 2. The van der Waals surface area contributed by atoms with Gasteiger partial charge in [0.1, 0.15) is 5.65 Å². The summed E-state index contributed by atoms with van der Waals surface area (Å²) in [6.45, 7) is 0. The number of fused-ring (bicyclic) bond motifs is 1. The summed E-state index contributed by atoms with van der Waals surface area (Å²) in [6, 6.07) is 3.71. The Bertz CT molecular complexity index is 543. The number of aldehydes is 1. The Morgan fingerprint density at radius 3 is 3.18 bits per heavy atom. The lowest BCUT2D eigenvalue weighted by atomic mass is 10.0. The van der Waals surface area contributed by atoms with E-state index in [1.165, 1.54) is 17.9 Å². The summed E-state index contributed by atoms with van der Waals surface area (Å²) in [5.41, 5.74) is 2.76. The van der Waals surface area contributed by atoms with Crippen LogP contribution in [0.25, 0.3) is 5.65 Å². The summed E-state index contributed by atoms with van der Waals surface area (Å²) in [5, 5.41) is 0. The van der Waals surface area contributed by atoms with E-state index in [4.69, 9.17) is 0 Å². The van der Waals surface area contributed by atoms with E-state index in [9.17, 15) is 4.79 Å². The minimum Gasteiger partial charge on any atom is -0.306 e. The molecule has 1 atom stereocenters. The van der Waals surface area contributed by atoms with Crippen LogP contribution in [0.3, 0.4) is 0 Å². The molecule has 1 aliphatic rings. The lowest BCUT2D eigenvalue weighted by molar-refractivity contribution is 0.112. The largest absolute Gasteiger partial charge is 0.306 e. The van der Waals surface area contributed by atoms with Crippen molar-refractivity contribution in [1.29, 1.82) is 0 Å². The Morgan fingerprint density at radius 2 is 2.41 bits per heavy atom. The van der Waals surface area contributed by atoms with Crippen molar-refractivity contribution in [1.82, 2.24) is 9.38 Å². The van der Waals surface area contributed by atoms with E-state index in [2.05, 4.69) is 4.98 Å². The fraction of sp³-hybridized carbons (Fsp3) is 0.385. The van der Waals surface area contributed by atoms with Crippen LogP contribution >= 0.6 is 11.8 Å². The van der Waals surface area contributed by atoms with Gasteiger partial charge in [0, 0.05) is 18.0 Å². The smallest absolute Gasteiger partial charge is 0.151 e. The molecule has 0 aromatic carbocycles. The van der Waals surface area contributed by atoms with E-state index >= 15 is 0 Å². The molecule has 0 radical (unpaired) electrons. The Balaban J connectivity index is 1.87. The van der Waals surface area contributed by atoms with Gasteiger partial charge in [-0.25, -0.2) is 4.98 Å². The second-order valence-corrected chi connectivity index (χ2v) is 5.66. The second kappa shape index (κ2) is 4.53. The van der Waals surface area contributed by atoms with Gasteiger partial charge in [-0.3, -0.25) is 4.79 Å². The summed E-state index contributed by atoms with van der Waals surface area (Å²) >= 11 is 2.03. The highest BCUT2D eigenvalue weighted by molar-refractivity contribution is 7.99. The molecule has 4 heteroatoms. The highest BCUT2D eigenvalue weighted by Gasteiger charge is 2.17. The highest BCUT2D eigenvalue weighted by atomic mass is 32.2. The minimum absolute atomic E-state index is 0.692. The van der Waals surface area contributed by atoms with Crippen LogP contribution in [0.1, 0.15) is 22.5 Å². The van der Waals surface area contributed by atoms with Gasteiger partial charge in [-0.05, 0) is 42.4 Å². The molecule has 1 unspecified atom stereocenters. The third-order valence-electron chi connectivity index (χ3n) is 3.18. The Morgan fingerprint density at radius 1 is 1.47 bits per heavy atom. The van der Waals surface area contributed by atoms with Crippen LogP contribution < -0.4 is 0 Å². The maximum absolute atomic E-state index is 10.7. The van der Waals surface area contributed by atoms with Gasteiger partial charge in [0.15, 0.2) is 6.29 Å². The molecule has 3 heterocycles. The molecule has 1 fully saturated rings. The molecule has 3 nitrogen and oxygen atoms in total. The minimum atomic E-state index is 0.692. The van der Waals surface area contributed by atoms with Crippen LogP contribution in [0, 0.1) is 5.92 Å². The predicted molar refractivity (Wildman–Crippen MR) is 69.7 cm³/mol. The topological polar surface area (TPSA) is 34.4 Å². The lowest BCUT2D eigenvalue weighted by Gasteiger charge is -2.03.